The van der Waals surface area contributed by atoms with E-state index in [1.165, 1.54) is 0 Å². The zero-order valence-corrected chi connectivity index (χ0v) is 22.2. The van der Waals surface area contributed by atoms with Gasteiger partial charge in [-0.2, -0.15) is 0 Å². The maximum absolute atomic E-state index is 14.3. The first-order chi connectivity index (χ1) is 18.0. The van der Waals surface area contributed by atoms with Crippen molar-refractivity contribution in [3.63, 3.8) is 0 Å². The summed E-state index contributed by atoms with van der Waals surface area (Å²) in [6.45, 7) is 9.07. The van der Waals surface area contributed by atoms with Crippen LogP contribution in [0, 0.1) is 11.8 Å². The summed E-state index contributed by atoms with van der Waals surface area (Å²) < 4.78 is 4.98. The van der Waals surface area contributed by atoms with E-state index in [1.807, 2.05) is 30.3 Å². The molecule has 4 rings (SSSR count). The number of carbonyl (C=O) groups excluding carboxylic acids is 3. The molecule has 37 heavy (non-hydrogen) atoms. The molecule has 2 amide bonds. The van der Waals surface area contributed by atoms with E-state index in [0.29, 0.717) is 45.5 Å². The van der Waals surface area contributed by atoms with E-state index in [4.69, 9.17) is 4.74 Å². The number of hydrogen-bond acceptors (Lipinski definition) is 6. The fraction of sp³-hybridized carbons (Fsp3) is 0.552. The van der Waals surface area contributed by atoms with Crippen LogP contribution >= 0.6 is 11.8 Å². The minimum Gasteiger partial charge on any atom is -0.465 e. The molecule has 3 saturated heterocycles. The Kier molecular flexibility index (Phi) is 9.13. The zero-order chi connectivity index (χ0) is 26.4. The number of aliphatic hydroxyl groups is 1. The van der Waals surface area contributed by atoms with Gasteiger partial charge in [0.1, 0.15) is 6.04 Å². The molecule has 2 unspecified atom stereocenters. The Hall–Kier alpha value is -2.58. The van der Waals surface area contributed by atoms with Gasteiger partial charge >= 0.3 is 5.97 Å². The summed E-state index contributed by atoms with van der Waals surface area (Å²) in [5.41, 5.74) is 1.01. The van der Waals surface area contributed by atoms with Crippen LogP contribution in [0.1, 0.15) is 44.1 Å². The lowest BCUT2D eigenvalue weighted by atomic mass is 9.71. The van der Waals surface area contributed by atoms with E-state index in [-0.39, 0.29) is 29.6 Å². The Balaban J connectivity index is 1.63. The highest BCUT2D eigenvalue weighted by Gasteiger charge is 2.74. The molecule has 200 valence electrons. The molecule has 3 fully saturated rings. The van der Waals surface area contributed by atoms with Gasteiger partial charge in [0, 0.05) is 31.5 Å². The van der Waals surface area contributed by atoms with Crippen molar-refractivity contribution in [3.05, 3.63) is 61.2 Å². The molecule has 1 aromatic carbocycles. The number of fused-ring (bicyclic) bond motifs is 1. The number of carbonyl (C=O) groups is 3. The van der Waals surface area contributed by atoms with Crippen molar-refractivity contribution in [2.24, 2.45) is 11.8 Å². The molecular formula is C29H38N2O5S. The largest absolute Gasteiger partial charge is 0.465 e. The summed E-state index contributed by atoms with van der Waals surface area (Å²) in [5, 5.41) is 9.33. The molecule has 3 aliphatic rings. The number of rotatable bonds is 14. The van der Waals surface area contributed by atoms with Crippen molar-refractivity contribution in [2.45, 2.75) is 61.1 Å². The fourth-order valence-electron chi connectivity index (χ4n) is 6.20. The molecular weight excluding hydrogens is 488 g/mol. The molecule has 0 aromatic heterocycles. The van der Waals surface area contributed by atoms with Gasteiger partial charge in [-0.1, -0.05) is 42.5 Å². The first-order valence-electron chi connectivity index (χ1n) is 13.3. The highest BCUT2D eigenvalue weighted by Crippen LogP contribution is 2.66. The number of esters is 1. The van der Waals surface area contributed by atoms with Crippen LogP contribution in [0.5, 0.6) is 0 Å². The molecule has 3 heterocycles. The third kappa shape index (κ3) is 5.36. The molecule has 8 heteroatoms. The third-order valence-corrected chi connectivity index (χ3v) is 9.74. The second-order valence-corrected chi connectivity index (χ2v) is 11.7. The van der Waals surface area contributed by atoms with Gasteiger partial charge in [-0.25, -0.2) is 0 Å². The average molecular weight is 527 g/mol. The second-order valence-electron chi connectivity index (χ2n) is 10.1. The van der Waals surface area contributed by atoms with Crippen LogP contribution in [-0.4, -0.2) is 75.0 Å². The van der Waals surface area contributed by atoms with Crippen LogP contribution in [0.4, 0.5) is 0 Å². The van der Waals surface area contributed by atoms with Crippen molar-refractivity contribution in [1.29, 1.82) is 0 Å². The van der Waals surface area contributed by atoms with E-state index in [2.05, 4.69) is 13.2 Å². The summed E-state index contributed by atoms with van der Waals surface area (Å²) in [4.78, 5) is 44.9. The molecule has 5 atom stereocenters. The lowest BCUT2D eigenvalue weighted by Crippen LogP contribution is -2.54. The first-order valence-corrected chi connectivity index (χ1v) is 14.2. The van der Waals surface area contributed by atoms with Crippen LogP contribution in [0.2, 0.25) is 0 Å². The minimum atomic E-state index is -0.652. The average Bonchev–Trinajstić information content (AvgIpc) is 3.54. The third-order valence-electron chi connectivity index (χ3n) is 7.79. The van der Waals surface area contributed by atoms with E-state index in [0.717, 1.165) is 24.8 Å². The molecule has 1 N–H and O–H groups in total. The molecule has 1 aromatic rings. The van der Waals surface area contributed by atoms with Gasteiger partial charge in [-0.3, -0.25) is 14.4 Å². The normalized spacial score (nSPS) is 27.7. The fourth-order valence-corrected chi connectivity index (χ4v) is 8.40. The SMILES string of the molecule is C=CCCCOC(=O)[C@@H]1[C@H]2C(=O)N(CCCCO)C(C(=O)N(CC=C)Cc3ccccc3)C23CC[C@H]1S3. The summed E-state index contributed by atoms with van der Waals surface area (Å²) in [6, 6.07) is 9.15. The Labute approximate surface area is 223 Å². The monoisotopic (exact) mass is 526 g/mol. The van der Waals surface area contributed by atoms with Gasteiger partial charge in [0.2, 0.25) is 11.8 Å². The van der Waals surface area contributed by atoms with Crippen LogP contribution in [-0.2, 0) is 25.7 Å². The Morgan fingerprint density at radius 3 is 2.68 bits per heavy atom. The van der Waals surface area contributed by atoms with E-state index in [9.17, 15) is 19.5 Å². The number of unbranched alkanes of at least 4 members (excludes halogenated alkanes) is 2. The lowest BCUT2D eigenvalue weighted by molar-refractivity contribution is -0.154. The standard InChI is InChI=1S/C29H38N2O5S/c1-3-5-11-19-36-28(35)23-22-14-15-29(37-22)24(23)26(33)31(17-9-10-18-32)25(29)27(34)30(16-4-2)20-21-12-7-6-8-13-21/h3-4,6-8,12-13,22-25,32H,1-2,5,9-11,14-20H2/t22-,23+,24+,25?,29?/m1/s1. The number of allylic oxidation sites excluding steroid dienone is 1. The van der Waals surface area contributed by atoms with Crippen molar-refractivity contribution < 1.29 is 24.2 Å². The zero-order valence-electron chi connectivity index (χ0n) is 21.4. The number of likely N-dealkylation sites (tertiary alicyclic amines) is 1. The van der Waals surface area contributed by atoms with Gasteiger partial charge in [-0.15, -0.1) is 24.9 Å². The van der Waals surface area contributed by atoms with Gasteiger partial charge in [0.15, 0.2) is 0 Å². The van der Waals surface area contributed by atoms with Gasteiger partial charge < -0.3 is 19.6 Å². The predicted molar refractivity (Wildman–Crippen MR) is 145 cm³/mol. The minimum absolute atomic E-state index is 0.0160. The first kappa shape index (κ1) is 27.5. The number of amides is 2. The number of ether oxygens (including phenoxy) is 1. The molecule has 3 aliphatic heterocycles. The highest BCUT2D eigenvalue weighted by molar-refractivity contribution is 8.02. The summed E-state index contributed by atoms with van der Waals surface area (Å²) in [7, 11) is 0. The Bertz CT molecular complexity index is 1000. The van der Waals surface area contributed by atoms with Crippen molar-refractivity contribution >= 4 is 29.5 Å². The smallest absolute Gasteiger partial charge is 0.310 e. The lowest BCUT2D eigenvalue weighted by Gasteiger charge is -2.37. The van der Waals surface area contributed by atoms with E-state index < -0.39 is 22.6 Å². The summed E-state index contributed by atoms with van der Waals surface area (Å²) in [5.74, 6) is -1.64. The van der Waals surface area contributed by atoms with Gasteiger partial charge in [-0.05, 0) is 44.1 Å². The summed E-state index contributed by atoms with van der Waals surface area (Å²) >= 11 is 1.65. The van der Waals surface area contributed by atoms with Crippen LogP contribution in [0.3, 0.4) is 0 Å². The molecule has 2 bridgehead atoms. The molecule has 0 aliphatic carbocycles. The number of thioether (sulfide) groups is 1. The number of benzene rings is 1. The maximum atomic E-state index is 14.3. The Morgan fingerprint density at radius 1 is 1.19 bits per heavy atom. The molecule has 1 spiro atoms. The number of hydrogen-bond donors (Lipinski definition) is 1. The van der Waals surface area contributed by atoms with Crippen LogP contribution in [0.15, 0.2) is 55.6 Å². The molecule has 0 radical (unpaired) electrons. The van der Waals surface area contributed by atoms with Crippen molar-refractivity contribution in [2.75, 3.05) is 26.3 Å². The highest BCUT2D eigenvalue weighted by atomic mass is 32.2. The van der Waals surface area contributed by atoms with Crippen LogP contribution < -0.4 is 0 Å². The molecule has 7 nitrogen and oxygen atoms in total. The van der Waals surface area contributed by atoms with Crippen molar-refractivity contribution in [3.8, 4) is 0 Å². The quantitative estimate of drug-likeness (QED) is 0.227. The maximum Gasteiger partial charge on any atom is 0.310 e. The second kappa shape index (κ2) is 12.3. The Morgan fingerprint density at radius 2 is 1.97 bits per heavy atom. The molecule has 0 saturated carbocycles. The number of nitrogens with zero attached hydrogens (tertiary/aromatic N) is 2. The van der Waals surface area contributed by atoms with Crippen LogP contribution in [0.25, 0.3) is 0 Å². The van der Waals surface area contributed by atoms with Gasteiger partial charge in [0.25, 0.3) is 0 Å². The summed E-state index contributed by atoms with van der Waals surface area (Å²) in [6.07, 6.45) is 7.63. The van der Waals surface area contributed by atoms with Crippen molar-refractivity contribution in [1.82, 2.24) is 9.80 Å². The van der Waals surface area contributed by atoms with E-state index in [1.54, 1.807) is 33.7 Å². The van der Waals surface area contributed by atoms with E-state index >= 15 is 0 Å². The number of aliphatic hydroxyl groups excluding tert-OH is 1. The van der Waals surface area contributed by atoms with Gasteiger partial charge in [0.05, 0.1) is 23.2 Å². The predicted octanol–water partition coefficient (Wildman–Crippen LogP) is 3.57. The topological polar surface area (TPSA) is 87.1 Å².